The number of pyridine rings is 1. The van der Waals surface area contributed by atoms with Crippen LogP contribution < -0.4 is 5.69 Å². The minimum absolute atomic E-state index is 0.0494. The Labute approximate surface area is 133 Å². The number of hydrogen-bond donors (Lipinski definition) is 2. The molecule has 2 aromatic heterocycles. The minimum atomic E-state index is -4.56. The zero-order valence-electron chi connectivity index (χ0n) is 12.1. The van der Waals surface area contributed by atoms with Crippen LogP contribution in [0.2, 0.25) is 0 Å². The van der Waals surface area contributed by atoms with Crippen LogP contribution in [-0.4, -0.2) is 15.0 Å². The van der Waals surface area contributed by atoms with Crippen LogP contribution in [0.5, 0.6) is 0 Å². The smallest absolute Gasteiger partial charge is 0.304 e. The SMILES string of the molecule is O=c1[nH]c2cc3c(C(F)(F)F)c(-c4ccccc4)ccc3nc2[nH]1. The summed E-state index contributed by atoms with van der Waals surface area (Å²) in [6.45, 7) is 0. The highest BCUT2D eigenvalue weighted by atomic mass is 19.4. The molecule has 2 heterocycles. The maximum absolute atomic E-state index is 13.8. The van der Waals surface area contributed by atoms with Crippen LogP contribution in [0.4, 0.5) is 13.2 Å². The minimum Gasteiger partial charge on any atom is -0.304 e. The summed E-state index contributed by atoms with van der Waals surface area (Å²) in [6, 6.07) is 12.6. The van der Waals surface area contributed by atoms with E-state index in [0.717, 1.165) is 0 Å². The highest BCUT2D eigenvalue weighted by Crippen LogP contribution is 2.41. The van der Waals surface area contributed by atoms with Crippen molar-refractivity contribution in [3.05, 3.63) is 64.6 Å². The molecule has 0 aliphatic heterocycles. The van der Waals surface area contributed by atoms with Crippen molar-refractivity contribution < 1.29 is 13.2 Å². The lowest BCUT2D eigenvalue weighted by Crippen LogP contribution is -2.08. The second-order valence-electron chi connectivity index (χ2n) is 5.38. The molecule has 120 valence electrons. The molecule has 4 nitrogen and oxygen atoms in total. The van der Waals surface area contributed by atoms with Crippen molar-refractivity contribution >= 4 is 22.1 Å². The predicted molar refractivity (Wildman–Crippen MR) is 84.7 cm³/mol. The number of aromatic amines is 2. The molecule has 0 amide bonds. The number of imidazole rings is 1. The number of aromatic nitrogens is 3. The fourth-order valence-electron chi connectivity index (χ4n) is 2.86. The molecule has 0 unspecified atom stereocenters. The van der Waals surface area contributed by atoms with Gasteiger partial charge in [0, 0.05) is 5.39 Å². The van der Waals surface area contributed by atoms with Crippen LogP contribution >= 0.6 is 0 Å². The lowest BCUT2D eigenvalue weighted by atomic mass is 9.95. The van der Waals surface area contributed by atoms with Gasteiger partial charge in [0.05, 0.1) is 16.6 Å². The average molecular weight is 329 g/mol. The third-order valence-corrected chi connectivity index (χ3v) is 3.85. The molecule has 0 fully saturated rings. The quantitative estimate of drug-likeness (QED) is 0.552. The lowest BCUT2D eigenvalue weighted by molar-refractivity contribution is -0.135. The summed E-state index contributed by atoms with van der Waals surface area (Å²) in [5, 5.41) is -0.0494. The topological polar surface area (TPSA) is 61.5 Å². The van der Waals surface area contributed by atoms with Gasteiger partial charge in [-0.25, -0.2) is 9.78 Å². The molecular formula is C17H10F3N3O. The molecule has 2 aromatic carbocycles. The van der Waals surface area contributed by atoms with Gasteiger partial charge >= 0.3 is 11.9 Å². The Bertz CT molecular complexity index is 1110. The molecule has 0 bridgehead atoms. The normalized spacial score (nSPS) is 12.1. The third kappa shape index (κ3) is 2.25. The predicted octanol–water partition coefficient (Wildman–Crippen LogP) is 4.09. The molecule has 0 atom stereocenters. The van der Waals surface area contributed by atoms with Gasteiger partial charge in [-0.2, -0.15) is 13.2 Å². The van der Waals surface area contributed by atoms with E-state index < -0.39 is 17.4 Å². The van der Waals surface area contributed by atoms with Crippen molar-refractivity contribution in [3.63, 3.8) is 0 Å². The molecule has 0 radical (unpaired) electrons. The van der Waals surface area contributed by atoms with Gasteiger partial charge in [0.1, 0.15) is 0 Å². The van der Waals surface area contributed by atoms with E-state index in [1.807, 2.05) is 0 Å². The molecule has 7 heteroatoms. The number of rotatable bonds is 1. The molecule has 2 N–H and O–H groups in total. The van der Waals surface area contributed by atoms with Crippen LogP contribution in [0.25, 0.3) is 33.2 Å². The Morgan fingerprint density at radius 3 is 2.42 bits per heavy atom. The first-order valence-electron chi connectivity index (χ1n) is 7.12. The van der Waals surface area contributed by atoms with Gasteiger partial charge in [-0.15, -0.1) is 0 Å². The van der Waals surface area contributed by atoms with Gasteiger partial charge in [-0.05, 0) is 23.3 Å². The Hall–Kier alpha value is -3.09. The average Bonchev–Trinajstić information content (AvgIpc) is 2.90. The molecule has 0 spiro atoms. The number of hydrogen-bond acceptors (Lipinski definition) is 2. The van der Waals surface area contributed by atoms with Crippen LogP contribution in [0.1, 0.15) is 5.56 Å². The maximum Gasteiger partial charge on any atom is 0.417 e. The zero-order chi connectivity index (χ0) is 16.9. The van der Waals surface area contributed by atoms with E-state index in [-0.39, 0.29) is 27.6 Å². The van der Waals surface area contributed by atoms with Crippen LogP contribution in [0.3, 0.4) is 0 Å². The van der Waals surface area contributed by atoms with Crippen molar-refractivity contribution in [1.82, 2.24) is 15.0 Å². The number of benzene rings is 2. The Morgan fingerprint density at radius 2 is 1.71 bits per heavy atom. The zero-order valence-corrected chi connectivity index (χ0v) is 12.1. The van der Waals surface area contributed by atoms with Crippen LogP contribution in [0, 0.1) is 0 Å². The standard InChI is InChI=1S/C17H10F3N3O/c18-17(19,20)14-10(9-4-2-1-3-5-9)6-7-12-11(14)8-13-15(21-12)23-16(24)22-13/h1-8H,(H2,21,22,23,24). The van der Waals surface area contributed by atoms with Gasteiger partial charge in [0.15, 0.2) is 5.65 Å². The first-order valence-corrected chi connectivity index (χ1v) is 7.12. The summed E-state index contributed by atoms with van der Waals surface area (Å²) in [5.74, 6) is 0. The van der Waals surface area contributed by atoms with Crippen molar-refractivity contribution in [2.75, 3.05) is 0 Å². The van der Waals surface area contributed by atoms with Crippen LogP contribution in [0.15, 0.2) is 53.3 Å². The fraction of sp³-hybridized carbons (Fsp3) is 0.0588. The largest absolute Gasteiger partial charge is 0.417 e. The Kier molecular flexibility index (Phi) is 2.99. The summed E-state index contributed by atoms with van der Waals surface area (Å²) < 4.78 is 41.3. The summed E-state index contributed by atoms with van der Waals surface area (Å²) in [7, 11) is 0. The van der Waals surface area contributed by atoms with E-state index in [9.17, 15) is 18.0 Å². The molecular weight excluding hydrogens is 319 g/mol. The van der Waals surface area contributed by atoms with Crippen molar-refractivity contribution in [1.29, 1.82) is 0 Å². The number of fused-ring (bicyclic) bond motifs is 2. The molecule has 4 rings (SSSR count). The lowest BCUT2D eigenvalue weighted by Gasteiger charge is -2.16. The number of nitrogens with zero attached hydrogens (tertiary/aromatic N) is 1. The highest BCUT2D eigenvalue weighted by Gasteiger charge is 2.36. The maximum atomic E-state index is 13.8. The van der Waals surface area contributed by atoms with Crippen LogP contribution in [-0.2, 0) is 6.18 Å². The summed E-state index contributed by atoms with van der Waals surface area (Å²) in [5.41, 5.74) is -0.0858. The molecule has 0 saturated carbocycles. The molecule has 0 aliphatic carbocycles. The Morgan fingerprint density at radius 1 is 0.958 bits per heavy atom. The van der Waals surface area contributed by atoms with Gasteiger partial charge in [0.2, 0.25) is 0 Å². The Balaban J connectivity index is 2.14. The van der Waals surface area contributed by atoms with E-state index in [1.54, 1.807) is 30.3 Å². The second-order valence-corrected chi connectivity index (χ2v) is 5.38. The summed E-state index contributed by atoms with van der Waals surface area (Å²) in [6.07, 6.45) is -4.56. The molecule has 24 heavy (non-hydrogen) atoms. The highest BCUT2D eigenvalue weighted by molar-refractivity contribution is 5.95. The van der Waals surface area contributed by atoms with E-state index in [2.05, 4.69) is 15.0 Å². The monoisotopic (exact) mass is 329 g/mol. The molecule has 0 aliphatic rings. The fourth-order valence-corrected chi connectivity index (χ4v) is 2.86. The number of H-pyrrole nitrogens is 2. The van der Waals surface area contributed by atoms with Crippen molar-refractivity contribution in [2.24, 2.45) is 0 Å². The first-order chi connectivity index (χ1) is 11.4. The van der Waals surface area contributed by atoms with E-state index in [0.29, 0.717) is 5.56 Å². The van der Waals surface area contributed by atoms with Crippen molar-refractivity contribution in [2.45, 2.75) is 6.18 Å². The van der Waals surface area contributed by atoms with Gasteiger partial charge in [-0.1, -0.05) is 36.4 Å². The van der Waals surface area contributed by atoms with Crippen molar-refractivity contribution in [3.8, 4) is 11.1 Å². The molecule has 4 aromatic rings. The first kappa shape index (κ1) is 14.5. The molecule has 0 saturated heterocycles. The summed E-state index contributed by atoms with van der Waals surface area (Å²) in [4.78, 5) is 20.4. The van der Waals surface area contributed by atoms with Gasteiger partial charge < -0.3 is 4.98 Å². The summed E-state index contributed by atoms with van der Waals surface area (Å²) >= 11 is 0. The number of alkyl halides is 3. The second kappa shape index (κ2) is 4.95. The third-order valence-electron chi connectivity index (χ3n) is 3.85. The van der Waals surface area contributed by atoms with E-state index in [1.165, 1.54) is 18.2 Å². The number of nitrogens with one attached hydrogen (secondary N) is 2. The van der Waals surface area contributed by atoms with E-state index in [4.69, 9.17) is 0 Å². The number of halogens is 3. The van der Waals surface area contributed by atoms with Gasteiger partial charge in [0.25, 0.3) is 0 Å². The van der Waals surface area contributed by atoms with E-state index >= 15 is 0 Å². The van der Waals surface area contributed by atoms with Gasteiger partial charge in [-0.3, -0.25) is 4.98 Å².